The highest BCUT2D eigenvalue weighted by atomic mass is 16.6. The Balaban J connectivity index is 2.24. The molecule has 1 fully saturated rings. The Bertz CT molecular complexity index is 584. The third kappa shape index (κ3) is 2.73. The van der Waals surface area contributed by atoms with Crippen LogP contribution in [0.4, 0.5) is 4.79 Å². The van der Waals surface area contributed by atoms with E-state index in [1.54, 1.807) is 19.1 Å². The molecule has 0 saturated carbocycles. The van der Waals surface area contributed by atoms with Crippen LogP contribution < -0.4 is 10.8 Å². The van der Waals surface area contributed by atoms with Gasteiger partial charge in [0.1, 0.15) is 12.1 Å². The second-order valence-corrected chi connectivity index (χ2v) is 5.04. The van der Waals surface area contributed by atoms with Gasteiger partial charge in [0.05, 0.1) is 7.11 Å². The molecule has 7 heteroatoms. The molecule has 1 aromatic carbocycles. The Kier molecular flexibility index (Phi) is 3.95. The molecule has 21 heavy (non-hydrogen) atoms. The average Bonchev–Trinajstić information content (AvgIpc) is 2.64. The fourth-order valence-electron chi connectivity index (χ4n) is 2.21. The number of rotatable bonds is 4. The zero-order valence-corrected chi connectivity index (χ0v) is 12.1. The van der Waals surface area contributed by atoms with Crippen LogP contribution in [-0.2, 0) is 20.0 Å². The van der Waals surface area contributed by atoms with E-state index >= 15 is 0 Å². The van der Waals surface area contributed by atoms with E-state index in [1.165, 1.54) is 7.11 Å². The molecule has 1 atom stereocenters. The number of carbonyl (C=O) groups is 3. The Morgan fingerprint density at radius 3 is 2.52 bits per heavy atom. The zero-order chi connectivity index (χ0) is 15.6. The predicted octanol–water partition coefficient (Wildman–Crippen LogP) is 0.440. The van der Waals surface area contributed by atoms with Gasteiger partial charge in [0.15, 0.2) is 0 Å². The molecular formula is C14H17N3O4. The summed E-state index contributed by atoms with van der Waals surface area (Å²) in [7, 11) is 1.28. The predicted molar refractivity (Wildman–Crippen MR) is 73.9 cm³/mol. The van der Waals surface area contributed by atoms with Crippen molar-refractivity contribution < 1.29 is 19.2 Å². The van der Waals surface area contributed by atoms with Gasteiger partial charge < -0.3 is 5.32 Å². The number of urea groups is 1. The summed E-state index contributed by atoms with van der Waals surface area (Å²) in [6, 6.07) is 6.69. The van der Waals surface area contributed by atoms with Crippen molar-refractivity contribution in [3.8, 4) is 0 Å². The molecule has 0 aliphatic carbocycles. The van der Waals surface area contributed by atoms with Crippen LogP contribution >= 0.6 is 0 Å². The van der Waals surface area contributed by atoms with Crippen molar-refractivity contribution in [2.45, 2.75) is 19.4 Å². The molecule has 0 spiro atoms. The fourth-order valence-corrected chi connectivity index (χ4v) is 2.21. The van der Waals surface area contributed by atoms with Crippen molar-refractivity contribution in [3.05, 3.63) is 35.4 Å². The lowest BCUT2D eigenvalue weighted by atomic mass is 9.91. The molecule has 1 heterocycles. The number of benzene rings is 1. The van der Waals surface area contributed by atoms with Crippen molar-refractivity contribution in [3.63, 3.8) is 0 Å². The summed E-state index contributed by atoms with van der Waals surface area (Å²) in [6.07, 6.45) is 0. The third-order valence-electron chi connectivity index (χ3n) is 3.42. The topological polar surface area (TPSA) is 87.7 Å². The van der Waals surface area contributed by atoms with E-state index in [9.17, 15) is 14.4 Å². The summed E-state index contributed by atoms with van der Waals surface area (Å²) < 4.78 is 0. The number of nitrogens with one attached hydrogen (secondary N) is 2. The maximum Gasteiger partial charge on any atom is 0.325 e. The van der Waals surface area contributed by atoms with Gasteiger partial charge in [0.2, 0.25) is 0 Å². The van der Waals surface area contributed by atoms with Crippen molar-refractivity contribution >= 4 is 17.8 Å². The Hall–Kier alpha value is -2.41. The maximum atomic E-state index is 12.5. The van der Waals surface area contributed by atoms with Crippen LogP contribution in [0.2, 0.25) is 0 Å². The number of amides is 4. The SMILES string of the molecule is CONC(=O)CN1C(=O)N[C@](C)(c2ccc(C)cc2)C1=O. The number of aryl methyl sites for hydroxylation is 1. The summed E-state index contributed by atoms with van der Waals surface area (Å²) in [5, 5.41) is 2.63. The smallest absolute Gasteiger partial charge is 0.319 e. The molecule has 1 aliphatic rings. The summed E-state index contributed by atoms with van der Waals surface area (Å²) in [5.41, 5.74) is 2.63. The third-order valence-corrected chi connectivity index (χ3v) is 3.42. The molecule has 0 radical (unpaired) electrons. The van der Waals surface area contributed by atoms with Gasteiger partial charge in [0, 0.05) is 0 Å². The number of carbonyl (C=O) groups excluding carboxylic acids is 3. The van der Waals surface area contributed by atoms with Crippen molar-refractivity contribution in [1.82, 2.24) is 15.7 Å². The second kappa shape index (κ2) is 5.53. The first-order chi connectivity index (χ1) is 9.88. The lowest BCUT2D eigenvalue weighted by Crippen LogP contribution is -2.43. The first-order valence-corrected chi connectivity index (χ1v) is 6.41. The highest BCUT2D eigenvalue weighted by molar-refractivity contribution is 6.09. The minimum absolute atomic E-state index is 0.389. The number of hydroxylamine groups is 1. The van der Waals surface area contributed by atoms with Crippen LogP contribution in [0.15, 0.2) is 24.3 Å². The lowest BCUT2D eigenvalue weighted by molar-refractivity contribution is -0.138. The fraction of sp³-hybridized carbons (Fsp3) is 0.357. The van der Waals surface area contributed by atoms with Gasteiger partial charge in [-0.3, -0.25) is 19.3 Å². The minimum atomic E-state index is -1.17. The molecule has 1 saturated heterocycles. The number of imide groups is 1. The molecule has 1 aromatic rings. The van der Waals surface area contributed by atoms with E-state index in [0.717, 1.165) is 10.5 Å². The number of nitrogens with zero attached hydrogens (tertiary/aromatic N) is 1. The first kappa shape index (κ1) is 15.0. The molecule has 112 valence electrons. The normalized spacial score (nSPS) is 21.4. The molecule has 4 amide bonds. The van der Waals surface area contributed by atoms with E-state index < -0.39 is 23.4 Å². The summed E-state index contributed by atoms with van der Waals surface area (Å²) in [5.74, 6) is -1.04. The van der Waals surface area contributed by atoms with Crippen LogP contribution in [0.25, 0.3) is 0 Å². The molecule has 2 rings (SSSR count). The van der Waals surface area contributed by atoms with Gasteiger partial charge in [-0.05, 0) is 19.4 Å². The molecular weight excluding hydrogens is 274 g/mol. The van der Waals surface area contributed by atoms with Crippen molar-refractivity contribution in [2.75, 3.05) is 13.7 Å². The monoisotopic (exact) mass is 291 g/mol. The molecule has 0 unspecified atom stereocenters. The molecule has 1 aliphatic heterocycles. The van der Waals surface area contributed by atoms with E-state index in [2.05, 4.69) is 15.6 Å². The van der Waals surface area contributed by atoms with Crippen LogP contribution in [0.3, 0.4) is 0 Å². The molecule has 7 nitrogen and oxygen atoms in total. The average molecular weight is 291 g/mol. The summed E-state index contributed by atoms with van der Waals surface area (Å²) >= 11 is 0. The van der Waals surface area contributed by atoms with Crippen LogP contribution in [-0.4, -0.2) is 36.4 Å². The largest absolute Gasteiger partial charge is 0.325 e. The summed E-state index contributed by atoms with van der Waals surface area (Å²) in [6.45, 7) is 3.16. The highest BCUT2D eigenvalue weighted by Gasteiger charge is 2.49. The second-order valence-electron chi connectivity index (χ2n) is 5.04. The van der Waals surface area contributed by atoms with Crippen LogP contribution in [0.1, 0.15) is 18.1 Å². The maximum absolute atomic E-state index is 12.5. The van der Waals surface area contributed by atoms with Crippen LogP contribution in [0.5, 0.6) is 0 Å². The Morgan fingerprint density at radius 1 is 1.33 bits per heavy atom. The minimum Gasteiger partial charge on any atom is -0.319 e. The van der Waals surface area contributed by atoms with Gasteiger partial charge in [-0.2, -0.15) is 0 Å². The van der Waals surface area contributed by atoms with E-state index in [0.29, 0.717) is 5.56 Å². The number of hydrogen-bond acceptors (Lipinski definition) is 4. The van der Waals surface area contributed by atoms with Gasteiger partial charge >= 0.3 is 6.03 Å². The van der Waals surface area contributed by atoms with Gasteiger partial charge in [0.25, 0.3) is 11.8 Å². The standard InChI is InChI=1S/C14H17N3O4/c1-9-4-6-10(7-5-9)14(2)12(19)17(13(20)15-14)8-11(18)16-21-3/h4-7H,8H2,1-3H3,(H,15,20)(H,16,18)/t14-/m1/s1. The molecule has 0 bridgehead atoms. The van der Waals surface area contributed by atoms with Crippen LogP contribution in [0, 0.1) is 6.92 Å². The summed E-state index contributed by atoms with van der Waals surface area (Å²) in [4.78, 5) is 41.2. The number of hydrogen-bond donors (Lipinski definition) is 2. The van der Waals surface area contributed by atoms with E-state index in [1.807, 2.05) is 19.1 Å². The Morgan fingerprint density at radius 2 is 1.95 bits per heavy atom. The van der Waals surface area contributed by atoms with Crippen molar-refractivity contribution in [1.29, 1.82) is 0 Å². The van der Waals surface area contributed by atoms with E-state index in [4.69, 9.17) is 0 Å². The molecule has 0 aromatic heterocycles. The van der Waals surface area contributed by atoms with Crippen molar-refractivity contribution in [2.24, 2.45) is 0 Å². The van der Waals surface area contributed by atoms with Gasteiger partial charge in [-0.1, -0.05) is 29.8 Å². The van der Waals surface area contributed by atoms with Gasteiger partial charge in [-0.15, -0.1) is 0 Å². The zero-order valence-electron chi connectivity index (χ0n) is 12.1. The lowest BCUT2D eigenvalue weighted by Gasteiger charge is -2.22. The highest BCUT2D eigenvalue weighted by Crippen LogP contribution is 2.28. The molecule has 2 N–H and O–H groups in total. The van der Waals surface area contributed by atoms with Gasteiger partial charge in [-0.25, -0.2) is 10.3 Å². The van der Waals surface area contributed by atoms with E-state index in [-0.39, 0.29) is 6.54 Å². The first-order valence-electron chi connectivity index (χ1n) is 6.41. The Labute approximate surface area is 122 Å². The quantitative estimate of drug-likeness (QED) is 0.622.